The van der Waals surface area contributed by atoms with Crippen molar-refractivity contribution in [1.29, 1.82) is 0 Å². The third kappa shape index (κ3) is 4.06. The molecule has 1 aromatic carbocycles. The number of anilines is 1. The van der Waals surface area contributed by atoms with Crippen molar-refractivity contribution in [2.24, 2.45) is 5.73 Å². The number of carbonyl (C=O) groups excluding carboxylic acids is 1. The zero-order valence-corrected chi connectivity index (χ0v) is 19.2. The Morgan fingerprint density at radius 2 is 1.91 bits per heavy atom. The molecule has 0 spiro atoms. The molecule has 3 aromatic rings. The predicted molar refractivity (Wildman–Crippen MR) is 128 cm³/mol. The molecule has 3 heterocycles. The number of nitrogens with zero attached hydrogens (tertiary/aromatic N) is 4. The van der Waals surface area contributed by atoms with Crippen LogP contribution in [0.2, 0.25) is 5.02 Å². The summed E-state index contributed by atoms with van der Waals surface area (Å²) in [6.45, 7) is 7.83. The lowest BCUT2D eigenvalue weighted by Crippen LogP contribution is -2.75. The molecular weight excluding hydrogens is 424 g/mol. The monoisotopic (exact) mass is 450 g/mol. The van der Waals surface area contributed by atoms with Gasteiger partial charge in [0.15, 0.2) is 0 Å². The minimum absolute atomic E-state index is 0.358. The third-order valence-corrected chi connectivity index (χ3v) is 6.17. The molecule has 0 unspecified atom stereocenters. The van der Waals surface area contributed by atoms with E-state index in [4.69, 9.17) is 27.3 Å². The number of likely N-dealkylation sites (N-methyl/N-ethyl adjacent to an activating group) is 1. The summed E-state index contributed by atoms with van der Waals surface area (Å²) in [5.41, 5.74) is 9.29. The van der Waals surface area contributed by atoms with Crippen molar-refractivity contribution in [2.45, 2.75) is 32.2 Å². The maximum atomic E-state index is 12.0. The van der Waals surface area contributed by atoms with Crippen molar-refractivity contribution in [3.63, 3.8) is 0 Å². The van der Waals surface area contributed by atoms with E-state index in [9.17, 15) is 4.79 Å². The lowest BCUT2D eigenvalue weighted by Gasteiger charge is -2.48. The van der Waals surface area contributed by atoms with E-state index in [1.54, 1.807) is 18.6 Å². The fraction of sp³-hybridized carbons (Fsp3) is 0.333. The summed E-state index contributed by atoms with van der Waals surface area (Å²) < 4.78 is 0. The fourth-order valence-corrected chi connectivity index (χ4v) is 4.19. The molecule has 7 nitrogen and oxygen atoms in total. The molecule has 0 saturated carbocycles. The van der Waals surface area contributed by atoms with Crippen molar-refractivity contribution in [2.75, 3.05) is 24.5 Å². The van der Waals surface area contributed by atoms with Crippen LogP contribution in [0, 0.1) is 0 Å². The average Bonchev–Trinajstić information content (AvgIpc) is 2.76. The lowest BCUT2D eigenvalue weighted by atomic mass is 9.89. The van der Waals surface area contributed by atoms with Crippen LogP contribution in [-0.2, 0) is 4.79 Å². The standard InChI is InChI=1S/C24H27ClN6O/c1-4-29-24(23(26)32)13-31(14-24)20-12-28-21(17-7-5-16(6-8-17)15(2)3)22(30-20)18-9-10-27-11-19(18)25/h5-12,15,29H,4,13-14H2,1-3H3,(H2,26,32). The van der Waals surface area contributed by atoms with E-state index in [1.165, 1.54) is 5.56 Å². The van der Waals surface area contributed by atoms with Crippen LogP contribution in [-0.4, -0.2) is 46.0 Å². The first-order valence-electron chi connectivity index (χ1n) is 10.7. The number of pyridine rings is 1. The second-order valence-corrected chi connectivity index (χ2v) is 8.80. The Morgan fingerprint density at radius 3 is 2.50 bits per heavy atom. The van der Waals surface area contributed by atoms with Gasteiger partial charge in [0.2, 0.25) is 5.91 Å². The Labute approximate surface area is 193 Å². The number of rotatable bonds is 7. The summed E-state index contributed by atoms with van der Waals surface area (Å²) in [6, 6.07) is 10.2. The van der Waals surface area contributed by atoms with Crippen molar-refractivity contribution < 1.29 is 4.79 Å². The van der Waals surface area contributed by atoms with Crippen LogP contribution in [0.25, 0.3) is 22.5 Å². The highest BCUT2D eigenvalue weighted by atomic mass is 35.5. The molecular formula is C24H27ClN6O. The van der Waals surface area contributed by atoms with Crippen LogP contribution >= 0.6 is 11.6 Å². The number of halogens is 1. The highest BCUT2D eigenvalue weighted by Crippen LogP contribution is 2.36. The maximum Gasteiger partial charge on any atom is 0.241 e. The van der Waals surface area contributed by atoms with Gasteiger partial charge in [-0.15, -0.1) is 0 Å². The van der Waals surface area contributed by atoms with Crippen LogP contribution in [0.4, 0.5) is 5.82 Å². The van der Waals surface area contributed by atoms with Crippen molar-refractivity contribution >= 4 is 23.3 Å². The lowest BCUT2D eigenvalue weighted by molar-refractivity contribution is -0.125. The quantitative estimate of drug-likeness (QED) is 0.570. The zero-order valence-electron chi connectivity index (χ0n) is 18.5. The van der Waals surface area contributed by atoms with E-state index < -0.39 is 5.54 Å². The molecule has 3 N–H and O–H groups in total. The summed E-state index contributed by atoms with van der Waals surface area (Å²) in [7, 11) is 0. The maximum absolute atomic E-state index is 12.0. The molecule has 1 fully saturated rings. The zero-order chi connectivity index (χ0) is 22.9. The van der Waals surface area contributed by atoms with Gasteiger partial charge in [-0.3, -0.25) is 14.8 Å². The molecule has 1 saturated heterocycles. The number of nitrogens with one attached hydrogen (secondary N) is 1. The Hall–Kier alpha value is -3.03. The fourth-order valence-electron chi connectivity index (χ4n) is 3.98. The van der Waals surface area contributed by atoms with Gasteiger partial charge in [0.05, 0.1) is 16.9 Å². The molecule has 2 aromatic heterocycles. The van der Waals surface area contributed by atoms with Gasteiger partial charge in [0.25, 0.3) is 0 Å². The molecule has 0 radical (unpaired) electrons. The number of benzene rings is 1. The molecule has 166 valence electrons. The van der Waals surface area contributed by atoms with E-state index in [2.05, 4.69) is 48.4 Å². The number of nitrogens with two attached hydrogens (primary N) is 1. The normalized spacial score (nSPS) is 15.0. The van der Waals surface area contributed by atoms with Crippen molar-refractivity contribution in [3.8, 4) is 22.5 Å². The molecule has 8 heteroatoms. The van der Waals surface area contributed by atoms with Gasteiger partial charge in [-0.25, -0.2) is 4.98 Å². The first-order valence-corrected chi connectivity index (χ1v) is 11.1. The molecule has 0 atom stereocenters. The summed E-state index contributed by atoms with van der Waals surface area (Å²) in [6.07, 6.45) is 5.03. The predicted octanol–water partition coefficient (Wildman–Crippen LogP) is 3.64. The van der Waals surface area contributed by atoms with Gasteiger partial charge in [-0.1, -0.05) is 56.6 Å². The molecule has 0 bridgehead atoms. The first kappa shape index (κ1) is 22.2. The number of carbonyl (C=O) groups is 1. The molecule has 32 heavy (non-hydrogen) atoms. The molecule has 1 amide bonds. The minimum atomic E-state index is -0.740. The molecule has 1 aliphatic rings. The average molecular weight is 451 g/mol. The summed E-state index contributed by atoms with van der Waals surface area (Å²) >= 11 is 6.48. The van der Waals surface area contributed by atoms with E-state index in [-0.39, 0.29) is 5.91 Å². The largest absolute Gasteiger partial charge is 0.368 e. The number of hydrogen-bond donors (Lipinski definition) is 2. The van der Waals surface area contributed by atoms with Crippen LogP contribution in [0.1, 0.15) is 32.3 Å². The Bertz CT molecular complexity index is 1130. The Morgan fingerprint density at radius 1 is 1.19 bits per heavy atom. The first-order chi connectivity index (χ1) is 15.3. The van der Waals surface area contributed by atoms with E-state index in [0.717, 1.165) is 16.8 Å². The van der Waals surface area contributed by atoms with Gasteiger partial charge in [0.1, 0.15) is 17.1 Å². The van der Waals surface area contributed by atoms with Crippen molar-refractivity contribution in [3.05, 3.63) is 59.5 Å². The SMILES string of the molecule is CCNC1(C(N)=O)CN(c2cnc(-c3ccc(C(C)C)cc3)c(-c3ccncc3Cl)n2)C1. The van der Waals surface area contributed by atoms with Crippen LogP contribution in [0.3, 0.4) is 0 Å². The number of hydrogen-bond acceptors (Lipinski definition) is 6. The Balaban J connectivity index is 1.74. The highest BCUT2D eigenvalue weighted by molar-refractivity contribution is 6.33. The number of primary amides is 1. The highest BCUT2D eigenvalue weighted by Gasteiger charge is 2.48. The van der Waals surface area contributed by atoms with Gasteiger partial charge in [-0.2, -0.15) is 0 Å². The van der Waals surface area contributed by atoms with Crippen LogP contribution in [0.15, 0.2) is 48.9 Å². The number of aromatic nitrogens is 3. The topological polar surface area (TPSA) is 97.0 Å². The minimum Gasteiger partial charge on any atom is -0.368 e. The van der Waals surface area contributed by atoms with Gasteiger partial charge < -0.3 is 16.0 Å². The van der Waals surface area contributed by atoms with Gasteiger partial charge in [-0.05, 0) is 24.1 Å². The smallest absolute Gasteiger partial charge is 0.241 e. The summed E-state index contributed by atoms with van der Waals surface area (Å²) in [5.74, 6) is 0.758. The summed E-state index contributed by atoms with van der Waals surface area (Å²) in [4.78, 5) is 27.8. The number of amides is 1. The van der Waals surface area contributed by atoms with Crippen molar-refractivity contribution in [1.82, 2.24) is 20.3 Å². The molecule has 4 rings (SSSR count). The molecule has 0 aliphatic carbocycles. The second kappa shape index (κ2) is 8.84. The second-order valence-electron chi connectivity index (χ2n) is 8.39. The van der Waals surface area contributed by atoms with Crippen LogP contribution in [0.5, 0.6) is 0 Å². The third-order valence-electron chi connectivity index (χ3n) is 5.87. The van der Waals surface area contributed by atoms with Gasteiger partial charge >= 0.3 is 0 Å². The van der Waals surface area contributed by atoms with Crippen LogP contribution < -0.4 is 16.0 Å². The van der Waals surface area contributed by atoms with E-state index in [1.807, 2.05) is 17.9 Å². The summed E-state index contributed by atoms with van der Waals surface area (Å²) in [5, 5.41) is 3.71. The molecule has 1 aliphatic heterocycles. The van der Waals surface area contributed by atoms with Gasteiger partial charge in [0, 0.05) is 36.6 Å². The van der Waals surface area contributed by atoms with E-state index in [0.29, 0.717) is 42.1 Å². The van der Waals surface area contributed by atoms with E-state index >= 15 is 0 Å². The Kier molecular flexibility index (Phi) is 6.13.